The Morgan fingerprint density at radius 1 is 1.03 bits per heavy atom. The number of anilines is 1. The maximum absolute atomic E-state index is 13.5. The SMILES string of the molecule is CC#CCOC(=O)Nc1ccc(-c2ccc(S(=O)(=O)N3CCc4ccccc4[C@@H]3C(=O)NO)cc2)cc1. The van der Waals surface area contributed by atoms with Crippen LogP contribution >= 0.6 is 0 Å². The van der Waals surface area contributed by atoms with Gasteiger partial charge in [-0.2, -0.15) is 4.31 Å². The maximum atomic E-state index is 13.5. The molecule has 0 bridgehead atoms. The summed E-state index contributed by atoms with van der Waals surface area (Å²) in [6.07, 6.45) is -0.165. The zero-order valence-electron chi connectivity index (χ0n) is 20.0. The molecular weight excluding hydrogens is 494 g/mol. The van der Waals surface area contributed by atoms with Gasteiger partial charge < -0.3 is 4.74 Å². The second-order valence-electron chi connectivity index (χ2n) is 8.17. The smallest absolute Gasteiger partial charge is 0.412 e. The first-order valence-corrected chi connectivity index (χ1v) is 12.9. The van der Waals surface area contributed by atoms with Crippen LogP contribution in [0.4, 0.5) is 10.5 Å². The zero-order valence-corrected chi connectivity index (χ0v) is 20.8. The fourth-order valence-electron chi connectivity index (χ4n) is 4.16. The van der Waals surface area contributed by atoms with Gasteiger partial charge in [-0.3, -0.25) is 15.3 Å². The van der Waals surface area contributed by atoms with Crippen LogP contribution in [0.3, 0.4) is 0 Å². The van der Waals surface area contributed by atoms with Gasteiger partial charge in [-0.05, 0) is 59.9 Å². The number of ether oxygens (including phenoxy) is 1. The number of sulfonamides is 1. The summed E-state index contributed by atoms with van der Waals surface area (Å²) in [6.45, 7) is 1.76. The van der Waals surface area contributed by atoms with Crippen molar-refractivity contribution >= 4 is 27.7 Å². The summed E-state index contributed by atoms with van der Waals surface area (Å²) >= 11 is 0. The molecule has 1 heterocycles. The van der Waals surface area contributed by atoms with Gasteiger partial charge in [-0.25, -0.2) is 18.7 Å². The maximum Gasteiger partial charge on any atom is 0.412 e. The average molecular weight is 520 g/mol. The van der Waals surface area contributed by atoms with Crippen LogP contribution in [0.2, 0.25) is 0 Å². The molecule has 1 atom stereocenters. The van der Waals surface area contributed by atoms with Crippen molar-refractivity contribution in [2.75, 3.05) is 18.5 Å². The second-order valence-corrected chi connectivity index (χ2v) is 10.1. The number of hydrogen-bond donors (Lipinski definition) is 3. The molecule has 0 radical (unpaired) electrons. The molecule has 3 aromatic carbocycles. The van der Waals surface area contributed by atoms with Crippen molar-refractivity contribution in [3.63, 3.8) is 0 Å². The highest BCUT2D eigenvalue weighted by Crippen LogP contribution is 2.35. The molecule has 4 rings (SSSR count). The first-order chi connectivity index (χ1) is 17.8. The molecule has 0 spiro atoms. The van der Waals surface area contributed by atoms with E-state index >= 15 is 0 Å². The van der Waals surface area contributed by atoms with E-state index in [-0.39, 0.29) is 18.0 Å². The minimum Gasteiger partial charge on any atom is -0.436 e. The van der Waals surface area contributed by atoms with Gasteiger partial charge >= 0.3 is 6.09 Å². The zero-order chi connectivity index (χ0) is 26.4. The van der Waals surface area contributed by atoms with Crippen LogP contribution in [-0.2, 0) is 26.0 Å². The van der Waals surface area contributed by atoms with Crippen molar-refractivity contribution in [2.45, 2.75) is 24.3 Å². The van der Waals surface area contributed by atoms with Gasteiger partial charge in [0.25, 0.3) is 5.91 Å². The van der Waals surface area contributed by atoms with Crippen LogP contribution in [0.1, 0.15) is 24.1 Å². The highest BCUT2D eigenvalue weighted by molar-refractivity contribution is 7.89. The Balaban J connectivity index is 1.52. The van der Waals surface area contributed by atoms with Gasteiger partial charge in [0.1, 0.15) is 6.04 Å². The lowest BCUT2D eigenvalue weighted by Crippen LogP contribution is -2.46. The first-order valence-electron chi connectivity index (χ1n) is 11.4. The van der Waals surface area contributed by atoms with Gasteiger partial charge in [0.2, 0.25) is 10.0 Å². The van der Waals surface area contributed by atoms with Crippen LogP contribution < -0.4 is 10.8 Å². The van der Waals surface area contributed by atoms with Gasteiger partial charge in [-0.1, -0.05) is 54.5 Å². The number of carbonyl (C=O) groups is 2. The Kier molecular flexibility index (Phi) is 7.89. The van der Waals surface area contributed by atoms with E-state index < -0.39 is 28.1 Å². The molecule has 0 unspecified atom stereocenters. The van der Waals surface area contributed by atoms with Crippen LogP contribution in [0.15, 0.2) is 77.7 Å². The van der Waals surface area contributed by atoms with Crippen molar-refractivity contribution in [3.8, 4) is 23.0 Å². The first kappa shape index (κ1) is 25.9. The van der Waals surface area contributed by atoms with Crippen molar-refractivity contribution in [3.05, 3.63) is 83.9 Å². The fraction of sp³-hybridized carbons (Fsp3) is 0.185. The molecule has 9 nitrogen and oxygen atoms in total. The summed E-state index contributed by atoms with van der Waals surface area (Å²) < 4.78 is 33.1. The number of amides is 2. The standard InChI is InChI=1S/C27H25N3O6S/c1-2-3-18-36-27(32)28-22-12-8-19(9-13-22)20-10-14-23(15-11-20)37(34,35)30-17-16-21-6-4-5-7-24(21)25(30)26(31)29-33/h4-15,25,33H,16-18H2,1H3,(H,28,32)(H,29,31)/t25-/m1/s1. The minimum absolute atomic E-state index is 0.00499. The number of carbonyl (C=O) groups excluding carboxylic acids is 2. The number of benzene rings is 3. The predicted molar refractivity (Wildman–Crippen MR) is 137 cm³/mol. The molecule has 190 valence electrons. The molecule has 0 fully saturated rings. The lowest BCUT2D eigenvalue weighted by atomic mass is 9.94. The molecule has 3 N–H and O–H groups in total. The fourth-order valence-corrected chi connectivity index (χ4v) is 5.73. The lowest BCUT2D eigenvalue weighted by Gasteiger charge is -2.34. The van der Waals surface area contributed by atoms with E-state index in [0.717, 1.165) is 21.0 Å². The Morgan fingerprint density at radius 3 is 2.32 bits per heavy atom. The summed E-state index contributed by atoms with van der Waals surface area (Å²) in [7, 11) is -4.05. The molecule has 0 aromatic heterocycles. The Bertz CT molecular complexity index is 1460. The normalized spacial score (nSPS) is 15.0. The number of hydrogen-bond acceptors (Lipinski definition) is 6. The number of nitrogens with one attached hydrogen (secondary N) is 2. The summed E-state index contributed by atoms with van der Waals surface area (Å²) in [5.41, 5.74) is 5.11. The summed E-state index contributed by atoms with van der Waals surface area (Å²) in [6, 6.07) is 19.2. The summed E-state index contributed by atoms with van der Waals surface area (Å²) in [4.78, 5) is 24.3. The van der Waals surface area contributed by atoms with E-state index in [0.29, 0.717) is 17.7 Å². The molecule has 0 aliphatic carbocycles. The van der Waals surface area contributed by atoms with Crippen LogP contribution in [-0.4, -0.2) is 43.1 Å². The van der Waals surface area contributed by atoms with Crippen molar-refractivity contribution in [2.24, 2.45) is 0 Å². The molecule has 0 saturated heterocycles. The number of fused-ring (bicyclic) bond motifs is 1. The Labute approximate surface area is 215 Å². The third-order valence-electron chi connectivity index (χ3n) is 5.98. The van der Waals surface area contributed by atoms with Crippen LogP contribution in [0.5, 0.6) is 0 Å². The number of hydroxylamine groups is 1. The van der Waals surface area contributed by atoms with Crippen molar-refractivity contribution in [1.29, 1.82) is 0 Å². The monoisotopic (exact) mass is 519 g/mol. The molecule has 10 heteroatoms. The second kappa shape index (κ2) is 11.3. The predicted octanol–water partition coefficient (Wildman–Crippen LogP) is 3.72. The quantitative estimate of drug-likeness (QED) is 0.259. The average Bonchev–Trinajstić information content (AvgIpc) is 2.92. The number of nitrogens with zero attached hydrogens (tertiary/aromatic N) is 1. The van der Waals surface area contributed by atoms with Gasteiger partial charge in [0, 0.05) is 12.2 Å². The third-order valence-corrected chi connectivity index (χ3v) is 7.85. The minimum atomic E-state index is -4.05. The van der Waals surface area contributed by atoms with Gasteiger partial charge in [-0.15, -0.1) is 5.92 Å². The lowest BCUT2D eigenvalue weighted by molar-refractivity contribution is -0.133. The van der Waals surface area contributed by atoms with E-state index in [1.165, 1.54) is 12.1 Å². The van der Waals surface area contributed by atoms with E-state index in [1.54, 1.807) is 60.9 Å². The Hall–Kier alpha value is -4.17. The molecule has 1 aliphatic heterocycles. The van der Waals surface area contributed by atoms with E-state index in [4.69, 9.17) is 4.74 Å². The summed E-state index contributed by atoms with van der Waals surface area (Å²) in [5, 5.41) is 11.9. The topological polar surface area (TPSA) is 125 Å². The van der Waals surface area contributed by atoms with Gasteiger partial charge in [0.15, 0.2) is 6.61 Å². The third kappa shape index (κ3) is 5.65. The highest BCUT2D eigenvalue weighted by atomic mass is 32.2. The molecule has 3 aromatic rings. The molecule has 1 aliphatic rings. The molecule has 37 heavy (non-hydrogen) atoms. The highest BCUT2D eigenvalue weighted by Gasteiger charge is 2.40. The van der Waals surface area contributed by atoms with E-state index in [1.807, 2.05) is 12.1 Å². The van der Waals surface area contributed by atoms with E-state index in [2.05, 4.69) is 17.2 Å². The summed E-state index contributed by atoms with van der Waals surface area (Å²) in [5.74, 6) is 4.46. The van der Waals surface area contributed by atoms with E-state index in [9.17, 15) is 23.2 Å². The Morgan fingerprint density at radius 2 is 1.68 bits per heavy atom. The molecule has 2 amide bonds. The van der Waals surface area contributed by atoms with Crippen molar-refractivity contribution in [1.82, 2.24) is 9.79 Å². The molecule has 0 saturated carbocycles. The van der Waals surface area contributed by atoms with Crippen LogP contribution in [0, 0.1) is 11.8 Å². The van der Waals surface area contributed by atoms with Crippen LogP contribution in [0.25, 0.3) is 11.1 Å². The van der Waals surface area contributed by atoms with Crippen molar-refractivity contribution < 1.29 is 28.0 Å². The molecular formula is C27H25N3O6S. The number of rotatable bonds is 6. The van der Waals surface area contributed by atoms with Gasteiger partial charge in [0.05, 0.1) is 4.90 Å². The largest absolute Gasteiger partial charge is 0.436 e.